The first kappa shape index (κ1) is 22.4. The zero-order valence-electron chi connectivity index (χ0n) is 20.3. The van der Waals surface area contributed by atoms with Gasteiger partial charge in [-0.05, 0) is 36.6 Å². The second kappa shape index (κ2) is 9.19. The number of fused-ring (bicyclic) bond motifs is 4. The lowest BCUT2D eigenvalue weighted by Crippen LogP contribution is -2.63. The number of amides is 2. The number of rotatable bonds is 6. The van der Waals surface area contributed by atoms with Gasteiger partial charge in [-0.25, -0.2) is 0 Å². The molecular weight excluding hydrogens is 450 g/mol. The van der Waals surface area contributed by atoms with Crippen LogP contribution in [0.5, 0.6) is 5.75 Å². The van der Waals surface area contributed by atoms with Crippen molar-refractivity contribution in [3.63, 3.8) is 0 Å². The Morgan fingerprint density at radius 3 is 2.53 bits per heavy atom. The minimum Gasteiger partial charge on any atom is -0.494 e. The maximum Gasteiger partial charge on any atom is 0.246 e. The summed E-state index contributed by atoms with van der Waals surface area (Å²) in [6.45, 7) is 3.09. The zero-order chi connectivity index (χ0) is 24.6. The van der Waals surface area contributed by atoms with E-state index in [1.165, 1.54) is 0 Å². The number of nitrogens with zero attached hydrogens (tertiary/aromatic N) is 2. The van der Waals surface area contributed by atoms with E-state index in [0.29, 0.717) is 19.6 Å². The van der Waals surface area contributed by atoms with E-state index in [-0.39, 0.29) is 18.4 Å². The molecular formula is C30H29N3O3. The average molecular weight is 480 g/mol. The third-order valence-electron chi connectivity index (χ3n) is 7.37. The van der Waals surface area contributed by atoms with E-state index in [2.05, 4.69) is 23.2 Å². The first-order valence-corrected chi connectivity index (χ1v) is 12.6. The fourth-order valence-electron chi connectivity index (χ4n) is 5.74. The molecule has 2 atom stereocenters. The number of hydrogen-bond acceptors (Lipinski definition) is 3. The van der Waals surface area contributed by atoms with Gasteiger partial charge in [-0.2, -0.15) is 0 Å². The molecule has 1 saturated heterocycles. The molecule has 6 heteroatoms. The molecule has 4 aromatic rings. The SMILES string of the molecule is CCOc1ccccc1[C@H]1c2[nH]c3ccccc3c2C[C@H]2C(=O)N(CCc3ccccc3)CC(=O)N12. The first-order valence-electron chi connectivity index (χ1n) is 12.6. The van der Waals surface area contributed by atoms with Crippen molar-refractivity contribution in [2.75, 3.05) is 19.7 Å². The Morgan fingerprint density at radius 1 is 0.944 bits per heavy atom. The van der Waals surface area contributed by atoms with E-state index in [9.17, 15) is 9.59 Å². The van der Waals surface area contributed by atoms with E-state index in [1.807, 2.05) is 67.6 Å². The van der Waals surface area contributed by atoms with Crippen LogP contribution in [0.4, 0.5) is 0 Å². The van der Waals surface area contributed by atoms with Crippen LogP contribution >= 0.6 is 0 Å². The summed E-state index contributed by atoms with van der Waals surface area (Å²) in [6.07, 6.45) is 1.22. The Hall–Kier alpha value is -4.06. The molecule has 2 amide bonds. The molecule has 6 nitrogen and oxygen atoms in total. The number of carbonyl (C=O) groups excluding carboxylic acids is 2. The van der Waals surface area contributed by atoms with Crippen molar-refractivity contribution in [2.45, 2.75) is 31.8 Å². The molecule has 0 spiro atoms. The summed E-state index contributed by atoms with van der Waals surface area (Å²) in [5.41, 5.74) is 5.15. The normalized spacial score (nSPS) is 19.4. The minimum atomic E-state index is -0.548. The number of ether oxygens (including phenoxy) is 1. The Labute approximate surface area is 210 Å². The summed E-state index contributed by atoms with van der Waals surface area (Å²) >= 11 is 0. The van der Waals surface area contributed by atoms with Crippen LogP contribution in [-0.2, 0) is 22.4 Å². The number of nitrogens with one attached hydrogen (secondary N) is 1. The predicted molar refractivity (Wildman–Crippen MR) is 139 cm³/mol. The van der Waals surface area contributed by atoms with Crippen molar-refractivity contribution in [2.24, 2.45) is 0 Å². The molecule has 0 bridgehead atoms. The number of hydrogen-bond donors (Lipinski definition) is 1. The third kappa shape index (κ3) is 3.73. The molecule has 1 N–H and O–H groups in total. The van der Waals surface area contributed by atoms with Crippen LogP contribution in [0.1, 0.15) is 35.3 Å². The number of para-hydroxylation sites is 2. The van der Waals surface area contributed by atoms with Gasteiger partial charge >= 0.3 is 0 Å². The van der Waals surface area contributed by atoms with Gasteiger partial charge in [0.05, 0.1) is 13.2 Å². The Balaban J connectivity index is 1.43. The van der Waals surface area contributed by atoms with Crippen LogP contribution < -0.4 is 4.74 Å². The van der Waals surface area contributed by atoms with Crippen molar-refractivity contribution in [1.82, 2.24) is 14.8 Å². The molecule has 2 aliphatic rings. The van der Waals surface area contributed by atoms with Crippen molar-refractivity contribution in [1.29, 1.82) is 0 Å². The molecule has 0 aliphatic carbocycles. The van der Waals surface area contributed by atoms with Gasteiger partial charge in [-0.15, -0.1) is 0 Å². The second-order valence-corrected chi connectivity index (χ2v) is 9.45. The van der Waals surface area contributed by atoms with Crippen molar-refractivity contribution < 1.29 is 14.3 Å². The molecule has 2 aliphatic heterocycles. The Bertz CT molecular complexity index is 1430. The van der Waals surface area contributed by atoms with Gasteiger partial charge in [0.15, 0.2) is 0 Å². The molecule has 1 fully saturated rings. The molecule has 0 radical (unpaired) electrons. The van der Waals surface area contributed by atoms with Gasteiger partial charge in [0.25, 0.3) is 0 Å². The van der Waals surface area contributed by atoms with Crippen LogP contribution in [-0.4, -0.2) is 52.3 Å². The predicted octanol–water partition coefficient (Wildman–Crippen LogP) is 4.49. The quantitative estimate of drug-likeness (QED) is 0.443. The van der Waals surface area contributed by atoms with Gasteiger partial charge in [0.1, 0.15) is 17.8 Å². The smallest absolute Gasteiger partial charge is 0.246 e. The fraction of sp³-hybridized carbons (Fsp3) is 0.267. The Kier molecular flexibility index (Phi) is 5.72. The lowest BCUT2D eigenvalue weighted by molar-refractivity contribution is -0.158. The van der Waals surface area contributed by atoms with E-state index in [0.717, 1.165) is 45.5 Å². The topological polar surface area (TPSA) is 65.6 Å². The summed E-state index contributed by atoms with van der Waals surface area (Å²) in [5.74, 6) is 0.718. The summed E-state index contributed by atoms with van der Waals surface area (Å²) < 4.78 is 5.98. The highest BCUT2D eigenvalue weighted by Crippen LogP contribution is 2.44. The summed E-state index contributed by atoms with van der Waals surface area (Å²) in [4.78, 5) is 34.7. The highest BCUT2D eigenvalue weighted by molar-refractivity contribution is 5.97. The van der Waals surface area contributed by atoms with E-state index in [4.69, 9.17) is 4.74 Å². The third-order valence-corrected chi connectivity index (χ3v) is 7.37. The van der Waals surface area contributed by atoms with Crippen LogP contribution in [0, 0.1) is 0 Å². The minimum absolute atomic E-state index is 0.0142. The molecule has 1 aromatic heterocycles. The van der Waals surface area contributed by atoms with Gasteiger partial charge in [-0.3, -0.25) is 9.59 Å². The fourth-order valence-corrected chi connectivity index (χ4v) is 5.74. The highest BCUT2D eigenvalue weighted by atomic mass is 16.5. The summed E-state index contributed by atoms with van der Waals surface area (Å²) in [7, 11) is 0. The largest absolute Gasteiger partial charge is 0.494 e. The number of aromatic amines is 1. The van der Waals surface area contributed by atoms with Gasteiger partial charge in [0, 0.05) is 35.1 Å². The van der Waals surface area contributed by atoms with E-state index < -0.39 is 12.1 Å². The maximum atomic E-state index is 13.9. The van der Waals surface area contributed by atoms with Crippen LogP contribution in [0.15, 0.2) is 78.9 Å². The number of aromatic nitrogens is 1. The number of piperazine rings is 1. The highest BCUT2D eigenvalue weighted by Gasteiger charge is 2.48. The maximum absolute atomic E-state index is 13.9. The van der Waals surface area contributed by atoms with Crippen molar-refractivity contribution in [3.8, 4) is 5.75 Å². The molecule has 0 saturated carbocycles. The number of carbonyl (C=O) groups is 2. The molecule has 3 aromatic carbocycles. The average Bonchev–Trinajstić information content (AvgIpc) is 3.28. The standard InChI is InChI=1S/C30H29N3O3/c1-2-36-26-15-9-7-13-22(26)29-28-23(21-12-6-8-14-24(21)31-28)18-25-30(35)32(19-27(34)33(25)29)17-16-20-10-4-3-5-11-20/h3-15,25,29,31H,2,16-19H2,1H3/t25-,29-/m0/s1. The van der Waals surface area contributed by atoms with Crippen LogP contribution in [0.25, 0.3) is 10.9 Å². The number of benzene rings is 3. The van der Waals surface area contributed by atoms with Crippen LogP contribution in [0.2, 0.25) is 0 Å². The molecule has 182 valence electrons. The van der Waals surface area contributed by atoms with E-state index >= 15 is 0 Å². The van der Waals surface area contributed by atoms with Crippen molar-refractivity contribution in [3.05, 3.63) is 101 Å². The van der Waals surface area contributed by atoms with Crippen molar-refractivity contribution >= 4 is 22.7 Å². The van der Waals surface area contributed by atoms with Crippen LogP contribution in [0.3, 0.4) is 0 Å². The van der Waals surface area contributed by atoms with Gasteiger partial charge in [0.2, 0.25) is 11.8 Å². The first-order chi connectivity index (χ1) is 17.7. The Morgan fingerprint density at radius 2 is 1.69 bits per heavy atom. The van der Waals surface area contributed by atoms with E-state index in [1.54, 1.807) is 9.80 Å². The summed E-state index contributed by atoms with van der Waals surface area (Å²) in [6, 6.07) is 25.1. The molecule has 0 unspecified atom stereocenters. The van der Waals surface area contributed by atoms with Gasteiger partial charge < -0.3 is 19.5 Å². The molecule has 6 rings (SSSR count). The molecule has 36 heavy (non-hydrogen) atoms. The zero-order valence-corrected chi connectivity index (χ0v) is 20.3. The van der Waals surface area contributed by atoms with Gasteiger partial charge in [-0.1, -0.05) is 66.7 Å². The summed E-state index contributed by atoms with van der Waals surface area (Å²) in [5, 5.41) is 1.10. The number of H-pyrrole nitrogens is 1. The lowest BCUT2D eigenvalue weighted by atomic mass is 9.86. The second-order valence-electron chi connectivity index (χ2n) is 9.45. The monoisotopic (exact) mass is 479 g/mol. The lowest BCUT2D eigenvalue weighted by Gasteiger charge is -2.47. The molecule has 3 heterocycles.